The zero-order valence-corrected chi connectivity index (χ0v) is 25.6. The Hall–Kier alpha value is -1.65. The van der Waals surface area contributed by atoms with E-state index in [9.17, 15) is 0 Å². The summed E-state index contributed by atoms with van der Waals surface area (Å²) in [6.07, 6.45) is 10.1. The minimum atomic E-state index is 0.503. The second-order valence-corrected chi connectivity index (χ2v) is 12.6. The van der Waals surface area contributed by atoms with Crippen molar-refractivity contribution in [1.82, 2.24) is 9.80 Å². The SMILES string of the molecule is CCCc1cccc(C2CCN(CC(C)N(CC3CCC3)C(C)C(C)C3=NC(C)=C(C)C3)CC2)c1OCC. The summed E-state index contributed by atoms with van der Waals surface area (Å²) < 4.78 is 6.22. The van der Waals surface area contributed by atoms with Crippen LogP contribution in [-0.2, 0) is 6.42 Å². The molecule has 3 unspecified atom stereocenters. The molecule has 0 spiro atoms. The molecule has 2 aliphatic heterocycles. The predicted octanol–water partition coefficient (Wildman–Crippen LogP) is 7.87. The number of allylic oxidation sites excluding steroid dienone is 2. The van der Waals surface area contributed by atoms with Gasteiger partial charge in [0, 0.05) is 48.9 Å². The highest BCUT2D eigenvalue weighted by Gasteiger charge is 2.33. The van der Waals surface area contributed by atoms with Gasteiger partial charge in [-0.15, -0.1) is 0 Å². The fraction of sp³-hybridized carbons (Fsp3) is 0.735. The summed E-state index contributed by atoms with van der Waals surface area (Å²) in [5, 5.41) is 0. The van der Waals surface area contributed by atoms with Crippen LogP contribution in [0.2, 0.25) is 0 Å². The van der Waals surface area contributed by atoms with Crippen molar-refractivity contribution in [1.29, 1.82) is 0 Å². The number of aliphatic imine (C=N–C) groups is 1. The third-order valence-electron chi connectivity index (χ3n) is 9.89. The predicted molar refractivity (Wildman–Crippen MR) is 163 cm³/mol. The number of rotatable bonds is 13. The molecule has 212 valence electrons. The molecule has 0 aromatic heterocycles. The van der Waals surface area contributed by atoms with Gasteiger partial charge in [-0.2, -0.15) is 0 Å². The fourth-order valence-electron chi connectivity index (χ4n) is 6.92. The van der Waals surface area contributed by atoms with E-state index in [4.69, 9.17) is 9.73 Å². The van der Waals surface area contributed by atoms with Crippen molar-refractivity contribution in [2.24, 2.45) is 16.8 Å². The monoisotopic (exact) mass is 521 g/mol. The van der Waals surface area contributed by atoms with Crippen LogP contribution in [0.15, 0.2) is 34.5 Å². The minimum absolute atomic E-state index is 0.503. The Bertz CT molecular complexity index is 970. The van der Waals surface area contributed by atoms with E-state index in [1.807, 2.05) is 0 Å². The second kappa shape index (κ2) is 13.6. The molecule has 1 aromatic rings. The average Bonchev–Trinajstić information content (AvgIpc) is 3.22. The number of hydrogen-bond acceptors (Lipinski definition) is 4. The van der Waals surface area contributed by atoms with E-state index in [2.05, 4.69) is 76.5 Å². The van der Waals surface area contributed by atoms with Gasteiger partial charge in [0.1, 0.15) is 5.75 Å². The number of likely N-dealkylation sites (tertiary alicyclic amines) is 1. The number of nitrogens with zero attached hydrogens (tertiary/aromatic N) is 3. The van der Waals surface area contributed by atoms with E-state index < -0.39 is 0 Å². The van der Waals surface area contributed by atoms with E-state index in [0.29, 0.717) is 23.9 Å². The van der Waals surface area contributed by atoms with Crippen LogP contribution in [0.5, 0.6) is 5.75 Å². The molecule has 1 aliphatic carbocycles. The van der Waals surface area contributed by atoms with Crippen molar-refractivity contribution in [3.05, 3.63) is 40.6 Å². The molecule has 3 atom stereocenters. The summed E-state index contributed by atoms with van der Waals surface area (Å²) in [6.45, 7) is 21.7. The van der Waals surface area contributed by atoms with Crippen LogP contribution in [-0.4, -0.2) is 60.4 Å². The lowest BCUT2D eigenvalue weighted by Crippen LogP contribution is -2.52. The minimum Gasteiger partial charge on any atom is -0.493 e. The Morgan fingerprint density at radius 2 is 1.79 bits per heavy atom. The van der Waals surface area contributed by atoms with E-state index >= 15 is 0 Å². The van der Waals surface area contributed by atoms with Crippen molar-refractivity contribution in [3.8, 4) is 5.75 Å². The van der Waals surface area contributed by atoms with Gasteiger partial charge >= 0.3 is 0 Å². The quantitative estimate of drug-likeness (QED) is 0.264. The smallest absolute Gasteiger partial charge is 0.125 e. The summed E-state index contributed by atoms with van der Waals surface area (Å²) in [4.78, 5) is 10.6. The fourth-order valence-corrected chi connectivity index (χ4v) is 6.92. The molecular formula is C34H55N3O. The van der Waals surface area contributed by atoms with Gasteiger partial charge in [0.25, 0.3) is 0 Å². The molecule has 4 heteroatoms. The summed E-state index contributed by atoms with van der Waals surface area (Å²) >= 11 is 0. The summed E-state index contributed by atoms with van der Waals surface area (Å²) in [5.74, 6) is 3.19. The first-order valence-electron chi connectivity index (χ1n) is 15.8. The molecule has 0 radical (unpaired) electrons. The number of para-hydroxylation sites is 1. The molecule has 0 bridgehead atoms. The van der Waals surface area contributed by atoms with Gasteiger partial charge in [-0.05, 0) is 108 Å². The zero-order chi connectivity index (χ0) is 27.2. The largest absolute Gasteiger partial charge is 0.493 e. The van der Waals surface area contributed by atoms with Crippen molar-refractivity contribution < 1.29 is 4.74 Å². The van der Waals surface area contributed by atoms with E-state index in [-0.39, 0.29) is 0 Å². The Kier molecular flexibility index (Phi) is 10.5. The van der Waals surface area contributed by atoms with Crippen molar-refractivity contribution >= 4 is 5.71 Å². The zero-order valence-electron chi connectivity index (χ0n) is 25.6. The van der Waals surface area contributed by atoms with Crippen molar-refractivity contribution in [2.75, 3.05) is 32.8 Å². The molecular weight excluding hydrogens is 466 g/mol. The van der Waals surface area contributed by atoms with Crippen LogP contribution in [0.1, 0.15) is 110 Å². The van der Waals surface area contributed by atoms with Crippen LogP contribution in [0.4, 0.5) is 0 Å². The molecule has 1 aromatic carbocycles. The van der Waals surface area contributed by atoms with E-state index in [1.54, 1.807) is 0 Å². The normalized spacial score (nSPS) is 21.9. The topological polar surface area (TPSA) is 28.1 Å². The highest BCUT2D eigenvalue weighted by atomic mass is 16.5. The third-order valence-corrected chi connectivity index (χ3v) is 9.89. The number of benzene rings is 1. The molecule has 2 fully saturated rings. The maximum Gasteiger partial charge on any atom is 0.125 e. The lowest BCUT2D eigenvalue weighted by Gasteiger charge is -2.44. The Morgan fingerprint density at radius 3 is 2.37 bits per heavy atom. The third kappa shape index (κ3) is 6.91. The Morgan fingerprint density at radius 1 is 1.05 bits per heavy atom. The van der Waals surface area contributed by atoms with E-state index in [0.717, 1.165) is 31.8 Å². The molecule has 4 rings (SSSR count). The Labute approximate surface area is 233 Å². The van der Waals surface area contributed by atoms with Gasteiger partial charge in [0.05, 0.1) is 6.61 Å². The molecule has 0 N–H and O–H groups in total. The summed E-state index contributed by atoms with van der Waals surface area (Å²) in [6, 6.07) is 7.94. The van der Waals surface area contributed by atoms with Gasteiger partial charge in [0.2, 0.25) is 0 Å². The number of piperidine rings is 1. The number of hydrogen-bond donors (Lipinski definition) is 0. The molecule has 3 aliphatic rings. The van der Waals surface area contributed by atoms with Crippen LogP contribution < -0.4 is 4.74 Å². The van der Waals surface area contributed by atoms with Gasteiger partial charge in [-0.25, -0.2) is 0 Å². The molecule has 38 heavy (non-hydrogen) atoms. The van der Waals surface area contributed by atoms with Crippen LogP contribution >= 0.6 is 0 Å². The second-order valence-electron chi connectivity index (χ2n) is 12.6. The Balaban J connectivity index is 1.38. The van der Waals surface area contributed by atoms with Crippen molar-refractivity contribution in [3.63, 3.8) is 0 Å². The van der Waals surface area contributed by atoms with Crippen LogP contribution in [0.3, 0.4) is 0 Å². The number of aryl methyl sites for hydroxylation is 1. The lowest BCUT2D eigenvalue weighted by molar-refractivity contribution is 0.0602. The standard InChI is InChI=1S/C34H55N3O/c1-8-12-31-15-11-16-32(34(31)38-9-2)30-17-19-36(20-18-30)22-25(4)37(23-29-13-10-14-29)28(7)26(5)33-21-24(3)27(6)35-33/h11,15-16,25-26,28-30H,8-10,12-14,17-23H2,1-7H3. The highest BCUT2D eigenvalue weighted by molar-refractivity contribution is 5.92. The van der Waals surface area contributed by atoms with Gasteiger partial charge < -0.3 is 9.64 Å². The maximum absolute atomic E-state index is 6.22. The molecule has 0 amide bonds. The van der Waals surface area contributed by atoms with E-state index in [1.165, 1.54) is 92.1 Å². The molecule has 4 nitrogen and oxygen atoms in total. The van der Waals surface area contributed by atoms with Gasteiger partial charge in [0.15, 0.2) is 0 Å². The molecule has 1 saturated carbocycles. The molecule has 1 saturated heterocycles. The van der Waals surface area contributed by atoms with Gasteiger partial charge in [-0.3, -0.25) is 9.89 Å². The van der Waals surface area contributed by atoms with Crippen molar-refractivity contribution in [2.45, 2.75) is 118 Å². The van der Waals surface area contributed by atoms with Gasteiger partial charge in [-0.1, -0.05) is 44.9 Å². The maximum atomic E-state index is 6.22. The van der Waals surface area contributed by atoms with Crippen LogP contribution in [0, 0.1) is 11.8 Å². The molecule has 2 heterocycles. The first-order chi connectivity index (χ1) is 18.3. The first kappa shape index (κ1) is 29.3. The first-order valence-corrected chi connectivity index (χ1v) is 15.8. The van der Waals surface area contributed by atoms with Crippen LogP contribution in [0.25, 0.3) is 0 Å². The summed E-state index contributed by atoms with van der Waals surface area (Å²) in [5.41, 5.74) is 6.94. The number of ether oxygens (including phenoxy) is 1. The average molecular weight is 522 g/mol. The highest BCUT2D eigenvalue weighted by Crippen LogP contribution is 2.37. The summed E-state index contributed by atoms with van der Waals surface area (Å²) in [7, 11) is 0. The lowest BCUT2D eigenvalue weighted by atomic mass is 9.83.